The van der Waals surface area contributed by atoms with Crippen LogP contribution in [0.2, 0.25) is 36.3 Å². The van der Waals surface area contributed by atoms with Crippen LogP contribution in [0.1, 0.15) is 78.1 Å². The average molecular weight is 713 g/mol. The van der Waals surface area contributed by atoms with Crippen molar-refractivity contribution in [3.8, 4) is 11.5 Å². The van der Waals surface area contributed by atoms with Gasteiger partial charge in [-0.3, -0.25) is 0 Å². The zero-order chi connectivity index (χ0) is 35.3. The minimum absolute atomic E-state index is 0. The van der Waals surface area contributed by atoms with Crippen molar-refractivity contribution in [3.05, 3.63) is 70.8 Å². The normalized spacial score (nSPS) is 11.8. The van der Waals surface area contributed by atoms with Gasteiger partial charge >= 0.3 is 30.8 Å². The third-order valence-electron chi connectivity index (χ3n) is 8.64. The van der Waals surface area contributed by atoms with Crippen molar-refractivity contribution in [3.63, 3.8) is 0 Å². The summed E-state index contributed by atoms with van der Waals surface area (Å²) in [6.45, 7) is 25.0. The maximum atomic E-state index is 11.6. The Morgan fingerprint density at radius 3 is 1.41 bits per heavy atom. The monoisotopic (exact) mass is 712 g/mol. The summed E-state index contributed by atoms with van der Waals surface area (Å²) in [5, 5.41) is 9.07. The Labute approximate surface area is 310 Å². The van der Waals surface area contributed by atoms with E-state index < -0.39 is 22.6 Å². The Kier molecular flexibility index (Phi) is 23.0. The minimum Gasteiger partial charge on any atom is -0.870 e. The summed E-state index contributed by atoms with van der Waals surface area (Å²) < 4.78 is 28.4. The molecule has 0 aromatic heterocycles. The molecule has 0 radical (unpaired) electrons. The molecule has 2 aromatic carbocycles. The molecule has 2 rings (SSSR count). The van der Waals surface area contributed by atoms with Crippen molar-refractivity contribution >= 4 is 40.7 Å². The molecule has 0 heterocycles. The summed E-state index contributed by atoms with van der Waals surface area (Å²) in [7, 11) is -0.512. The summed E-state index contributed by atoms with van der Waals surface area (Å²) >= 11 is 0. The molecule has 0 aliphatic heterocycles. The first-order chi connectivity index (χ1) is 21.2. The minimum atomic E-state index is -1.89. The molecular formula is C37H61LiO9Si2. The van der Waals surface area contributed by atoms with E-state index in [9.17, 15) is 9.59 Å². The number of methoxy groups -OCH3 is 2. The van der Waals surface area contributed by atoms with Gasteiger partial charge in [0.1, 0.15) is 11.5 Å². The SMILES string of the molecule is C.CCOC(=O)/C=C/c1cccc(OC)c1CO[Si](C)(C)C(C)(C)C.COc1cccc(/C=C/C(=O)O)c1CO[Si](C)(C)C(C)(C)C.[Li+].[OH-]. The molecular weight excluding hydrogens is 652 g/mol. The number of carboxylic acid groups (broad SMARTS) is 1. The van der Waals surface area contributed by atoms with E-state index in [1.54, 1.807) is 33.3 Å². The van der Waals surface area contributed by atoms with Crippen LogP contribution in [0.5, 0.6) is 11.5 Å². The van der Waals surface area contributed by atoms with Crippen LogP contribution in [0.3, 0.4) is 0 Å². The number of hydrogen-bond donors (Lipinski definition) is 1. The van der Waals surface area contributed by atoms with Crippen molar-refractivity contribution in [1.82, 2.24) is 0 Å². The number of ether oxygens (including phenoxy) is 3. The number of carbonyl (C=O) groups excluding carboxylic acids is 1. The number of carbonyl (C=O) groups is 2. The van der Waals surface area contributed by atoms with Gasteiger partial charge in [-0.1, -0.05) is 73.2 Å². The second-order valence-corrected chi connectivity index (χ2v) is 23.5. The number of rotatable bonds is 13. The number of carboxylic acids is 1. The summed E-state index contributed by atoms with van der Waals surface area (Å²) in [6.07, 6.45) is 5.90. The van der Waals surface area contributed by atoms with E-state index in [2.05, 4.69) is 67.7 Å². The van der Waals surface area contributed by atoms with Crippen molar-refractivity contribution in [2.75, 3.05) is 20.8 Å². The summed E-state index contributed by atoms with van der Waals surface area (Å²) in [6, 6.07) is 11.3. The molecule has 272 valence electrons. The van der Waals surface area contributed by atoms with Crippen molar-refractivity contribution in [1.29, 1.82) is 0 Å². The van der Waals surface area contributed by atoms with E-state index in [4.69, 9.17) is 28.2 Å². The molecule has 49 heavy (non-hydrogen) atoms. The van der Waals surface area contributed by atoms with Crippen molar-refractivity contribution < 1.29 is 62.1 Å². The van der Waals surface area contributed by atoms with Crippen LogP contribution < -0.4 is 28.3 Å². The fraction of sp³-hybridized carbons (Fsp3) is 0.514. The van der Waals surface area contributed by atoms with Gasteiger partial charge in [-0.25, -0.2) is 9.59 Å². The molecule has 12 heteroatoms. The first kappa shape index (κ1) is 50.7. The predicted molar refractivity (Wildman–Crippen MR) is 201 cm³/mol. The molecule has 0 spiro atoms. The van der Waals surface area contributed by atoms with Crippen molar-refractivity contribution in [2.45, 2.75) is 105 Å². The molecule has 0 fully saturated rings. The topological polar surface area (TPSA) is 131 Å². The van der Waals surface area contributed by atoms with Crippen LogP contribution in [0.15, 0.2) is 48.6 Å². The zero-order valence-corrected chi connectivity index (χ0v) is 33.6. The summed E-state index contributed by atoms with van der Waals surface area (Å²) in [5.74, 6) is 0.154. The molecule has 0 unspecified atom stereocenters. The van der Waals surface area contributed by atoms with Gasteiger partial charge in [-0.05, 0) is 78.6 Å². The smallest absolute Gasteiger partial charge is 0.870 e. The fourth-order valence-electron chi connectivity index (χ4n) is 3.62. The molecule has 0 aliphatic rings. The van der Waals surface area contributed by atoms with E-state index in [1.165, 1.54) is 6.08 Å². The number of esters is 1. The third kappa shape index (κ3) is 16.3. The van der Waals surface area contributed by atoms with Gasteiger partial charge in [0.2, 0.25) is 0 Å². The molecule has 0 bridgehead atoms. The maximum Gasteiger partial charge on any atom is 1.00 e. The molecule has 0 amide bonds. The van der Waals surface area contributed by atoms with E-state index in [-0.39, 0.29) is 47.8 Å². The second kappa shape index (κ2) is 22.2. The molecule has 0 saturated heterocycles. The molecule has 0 saturated carbocycles. The van der Waals surface area contributed by atoms with Crippen LogP contribution in [0.4, 0.5) is 0 Å². The molecule has 2 aromatic rings. The van der Waals surface area contributed by atoms with E-state index in [1.807, 2.05) is 36.4 Å². The van der Waals surface area contributed by atoms with Gasteiger partial charge in [0, 0.05) is 23.3 Å². The van der Waals surface area contributed by atoms with Crippen LogP contribution >= 0.6 is 0 Å². The first-order valence-electron chi connectivity index (χ1n) is 15.6. The standard InChI is InChI=1S/C19H30O4Si.C17H26O4Si.CH4.Li.H2O/c1-8-22-18(20)13-12-15-10-9-11-17(21-5)16(15)14-23-24(6,7)19(2,3)4;1-17(2,3)22(5,6)21-12-14-13(10-11-16(18)19)8-7-9-15(14)20-4;;;/h9-13H,8,14H2,1-7H3;7-11H,12H2,1-6H3,(H,18,19);1H4;;1H2/q;;;+1;/p-1/b13-12+;11-10+;;;. The zero-order valence-electron chi connectivity index (χ0n) is 31.6. The maximum absolute atomic E-state index is 11.6. The number of benzene rings is 2. The first-order valence-corrected chi connectivity index (χ1v) is 21.4. The predicted octanol–water partition coefficient (Wildman–Crippen LogP) is 6.57. The molecule has 9 nitrogen and oxygen atoms in total. The van der Waals surface area contributed by atoms with Gasteiger partial charge in [0.25, 0.3) is 0 Å². The Morgan fingerprint density at radius 1 is 0.735 bits per heavy atom. The van der Waals surface area contributed by atoms with Gasteiger partial charge < -0.3 is 33.6 Å². The average Bonchev–Trinajstić information content (AvgIpc) is 2.96. The number of aliphatic carboxylic acids is 1. The van der Waals surface area contributed by atoms with E-state index >= 15 is 0 Å². The van der Waals surface area contributed by atoms with Gasteiger partial charge in [0.15, 0.2) is 16.6 Å². The largest absolute Gasteiger partial charge is 1.00 e. The third-order valence-corrected chi connectivity index (χ3v) is 17.6. The molecule has 2 N–H and O–H groups in total. The van der Waals surface area contributed by atoms with Crippen LogP contribution in [0.25, 0.3) is 12.2 Å². The molecule has 0 aliphatic carbocycles. The van der Waals surface area contributed by atoms with Gasteiger partial charge in [-0.2, -0.15) is 0 Å². The van der Waals surface area contributed by atoms with E-state index in [0.717, 1.165) is 34.1 Å². The fourth-order valence-corrected chi connectivity index (χ4v) is 5.49. The quantitative estimate of drug-likeness (QED) is 0.139. The van der Waals surface area contributed by atoms with E-state index in [0.29, 0.717) is 25.6 Å². The Balaban J connectivity index is -0.000000816. The van der Waals surface area contributed by atoms with Gasteiger partial charge in [-0.15, -0.1) is 0 Å². The Hall–Kier alpha value is -2.63. The van der Waals surface area contributed by atoms with Crippen molar-refractivity contribution in [2.24, 2.45) is 0 Å². The van der Waals surface area contributed by atoms with Gasteiger partial charge in [0.05, 0.1) is 34.0 Å². The summed E-state index contributed by atoms with van der Waals surface area (Å²) in [5.41, 5.74) is 3.54. The number of hydrogen-bond acceptors (Lipinski definition) is 8. The van der Waals surface area contributed by atoms with Crippen LogP contribution in [-0.2, 0) is 36.4 Å². The Bertz CT molecular complexity index is 1360. The van der Waals surface area contributed by atoms with Crippen LogP contribution in [0, 0.1) is 0 Å². The second-order valence-electron chi connectivity index (χ2n) is 13.9. The Morgan fingerprint density at radius 2 is 1.10 bits per heavy atom. The summed E-state index contributed by atoms with van der Waals surface area (Å²) in [4.78, 5) is 22.3. The van der Waals surface area contributed by atoms with Crippen LogP contribution in [-0.4, -0.2) is 60.0 Å². The molecule has 0 atom stereocenters.